The van der Waals surface area contributed by atoms with E-state index >= 15 is 0 Å². The van der Waals surface area contributed by atoms with Crippen LogP contribution in [0.15, 0.2) is 0 Å². The van der Waals surface area contributed by atoms with Crippen LogP contribution in [0.1, 0.15) is 32.4 Å². The lowest BCUT2D eigenvalue weighted by Gasteiger charge is -2.09. The standard InChI is InChI=1S/C13H22N4S2/c1-5-6-10-11-12(16(3)15-10)17(13(18)14-11)8-7-9(2)19-4/h9H,5-8H2,1-4H3,(H,14,18). The summed E-state index contributed by atoms with van der Waals surface area (Å²) in [4.78, 5) is 3.33. The maximum absolute atomic E-state index is 5.46. The first-order valence-corrected chi connectivity index (χ1v) is 8.45. The predicted molar refractivity (Wildman–Crippen MR) is 85.5 cm³/mol. The van der Waals surface area contributed by atoms with E-state index in [0.29, 0.717) is 5.25 Å². The molecule has 0 aromatic carbocycles. The fourth-order valence-corrected chi connectivity index (χ4v) is 2.95. The maximum Gasteiger partial charge on any atom is 0.179 e. The molecule has 0 fully saturated rings. The number of thioether (sulfide) groups is 1. The molecule has 2 rings (SSSR count). The van der Waals surface area contributed by atoms with E-state index in [0.717, 1.165) is 47.4 Å². The lowest BCUT2D eigenvalue weighted by Crippen LogP contribution is -2.07. The van der Waals surface area contributed by atoms with E-state index < -0.39 is 0 Å². The highest BCUT2D eigenvalue weighted by Crippen LogP contribution is 2.20. The van der Waals surface area contributed by atoms with Crippen molar-refractivity contribution in [2.24, 2.45) is 7.05 Å². The van der Waals surface area contributed by atoms with Crippen molar-refractivity contribution in [2.45, 2.75) is 44.9 Å². The average molecular weight is 298 g/mol. The second-order valence-electron chi connectivity index (χ2n) is 4.94. The molecule has 0 saturated carbocycles. The first-order valence-electron chi connectivity index (χ1n) is 6.75. The van der Waals surface area contributed by atoms with Gasteiger partial charge in [-0.1, -0.05) is 20.3 Å². The van der Waals surface area contributed by atoms with Gasteiger partial charge in [0.2, 0.25) is 0 Å². The van der Waals surface area contributed by atoms with Gasteiger partial charge in [0.25, 0.3) is 0 Å². The Hall–Kier alpha value is -0.750. The van der Waals surface area contributed by atoms with Crippen molar-refractivity contribution in [3.05, 3.63) is 10.5 Å². The molecule has 0 aliphatic heterocycles. The van der Waals surface area contributed by atoms with Crippen molar-refractivity contribution >= 4 is 35.1 Å². The zero-order valence-electron chi connectivity index (χ0n) is 12.1. The van der Waals surface area contributed by atoms with E-state index in [9.17, 15) is 0 Å². The van der Waals surface area contributed by atoms with Crippen molar-refractivity contribution in [1.29, 1.82) is 0 Å². The van der Waals surface area contributed by atoms with Crippen LogP contribution in [0.2, 0.25) is 0 Å². The number of aromatic amines is 1. The summed E-state index contributed by atoms with van der Waals surface area (Å²) in [6, 6.07) is 0. The Labute approximate surface area is 123 Å². The Bertz CT molecular complexity index is 608. The van der Waals surface area contributed by atoms with Crippen molar-refractivity contribution in [3.8, 4) is 0 Å². The molecule has 2 aromatic rings. The Kier molecular flexibility index (Phi) is 4.73. The zero-order valence-corrected chi connectivity index (χ0v) is 13.7. The molecule has 0 amide bonds. The second-order valence-corrected chi connectivity index (χ2v) is 6.60. The van der Waals surface area contributed by atoms with Gasteiger partial charge in [0, 0.05) is 18.8 Å². The molecule has 0 aliphatic carbocycles. The highest BCUT2D eigenvalue weighted by Gasteiger charge is 2.15. The van der Waals surface area contributed by atoms with E-state index in [1.165, 1.54) is 0 Å². The number of aryl methyl sites for hydroxylation is 3. The fourth-order valence-electron chi connectivity index (χ4n) is 2.33. The Morgan fingerprint density at radius 3 is 2.84 bits per heavy atom. The van der Waals surface area contributed by atoms with Gasteiger partial charge in [-0.15, -0.1) is 0 Å². The zero-order chi connectivity index (χ0) is 14.0. The SMILES string of the molecule is CCCc1nn(C)c2c1[nH]c(=S)n2CCC(C)SC. The molecule has 2 heterocycles. The summed E-state index contributed by atoms with van der Waals surface area (Å²) in [6.45, 7) is 5.38. The third-order valence-electron chi connectivity index (χ3n) is 3.47. The van der Waals surface area contributed by atoms with Crippen LogP contribution in [-0.4, -0.2) is 30.8 Å². The molecule has 106 valence electrons. The van der Waals surface area contributed by atoms with Crippen molar-refractivity contribution < 1.29 is 0 Å². The lowest BCUT2D eigenvalue weighted by molar-refractivity contribution is 0.623. The van der Waals surface area contributed by atoms with Crippen molar-refractivity contribution in [1.82, 2.24) is 19.3 Å². The van der Waals surface area contributed by atoms with Crippen LogP contribution in [-0.2, 0) is 20.0 Å². The van der Waals surface area contributed by atoms with Gasteiger partial charge in [0.1, 0.15) is 5.52 Å². The predicted octanol–water partition coefficient (Wildman–Crippen LogP) is 3.53. The van der Waals surface area contributed by atoms with Crippen LogP contribution in [0.5, 0.6) is 0 Å². The third-order valence-corrected chi connectivity index (χ3v) is 4.83. The number of hydrogen-bond acceptors (Lipinski definition) is 3. The first kappa shape index (κ1) is 14.7. The van der Waals surface area contributed by atoms with E-state index in [1.807, 2.05) is 23.5 Å². The summed E-state index contributed by atoms with van der Waals surface area (Å²) in [7, 11) is 2.00. The van der Waals surface area contributed by atoms with Crippen LogP contribution < -0.4 is 0 Å². The molecule has 0 spiro atoms. The van der Waals surface area contributed by atoms with Gasteiger partial charge in [0.05, 0.1) is 5.69 Å². The molecule has 19 heavy (non-hydrogen) atoms. The average Bonchev–Trinajstić information content (AvgIpc) is 2.86. The van der Waals surface area contributed by atoms with Gasteiger partial charge in [0.15, 0.2) is 10.4 Å². The summed E-state index contributed by atoms with van der Waals surface area (Å²) < 4.78 is 4.95. The minimum atomic E-state index is 0.648. The van der Waals surface area contributed by atoms with Crippen molar-refractivity contribution in [3.63, 3.8) is 0 Å². The largest absolute Gasteiger partial charge is 0.328 e. The molecule has 1 unspecified atom stereocenters. The van der Waals surface area contributed by atoms with Crippen LogP contribution in [0.4, 0.5) is 0 Å². The molecule has 1 atom stereocenters. The van der Waals surface area contributed by atoms with E-state index in [4.69, 9.17) is 12.2 Å². The highest BCUT2D eigenvalue weighted by atomic mass is 32.2. The van der Waals surface area contributed by atoms with Gasteiger partial charge in [-0.2, -0.15) is 16.9 Å². The number of hydrogen-bond donors (Lipinski definition) is 1. The van der Waals surface area contributed by atoms with E-state index in [1.54, 1.807) is 0 Å². The van der Waals surface area contributed by atoms with Crippen LogP contribution in [0, 0.1) is 4.77 Å². The van der Waals surface area contributed by atoms with Crippen LogP contribution in [0.3, 0.4) is 0 Å². The first-order chi connectivity index (χ1) is 9.08. The fraction of sp³-hybridized carbons (Fsp3) is 0.692. The monoisotopic (exact) mass is 298 g/mol. The molecule has 4 nitrogen and oxygen atoms in total. The molecule has 1 N–H and O–H groups in total. The normalized spacial score (nSPS) is 13.3. The number of nitrogens with zero attached hydrogens (tertiary/aromatic N) is 3. The summed E-state index contributed by atoms with van der Waals surface area (Å²) in [6.07, 6.45) is 5.37. The lowest BCUT2D eigenvalue weighted by atomic mass is 10.2. The molecular formula is C13H22N4S2. The molecule has 0 aliphatic rings. The molecule has 6 heteroatoms. The minimum Gasteiger partial charge on any atom is -0.328 e. The number of aromatic nitrogens is 4. The van der Waals surface area contributed by atoms with Gasteiger partial charge in [-0.05, 0) is 31.3 Å². The van der Waals surface area contributed by atoms with Crippen molar-refractivity contribution in [2.75, 3.05) is 6.26 Å². The Balaban J connectivity index is 2.38. The van der Waals surface area contributed by atoms with Gasteiger partial charge in [-0.25, -0.2) is 0 Å². The minimum absolute atomic E-state index is 0.648. The van der Waals surface area contributed by atoms with E-state index in [2.05, 4.69) is 34.8 Å². The van der Waals surface area contributed by atoms with Gasteiger partial charge < -0.3 is 9.55 Å². The summed E-state index contributed by atoms with van der Waals surface area (Å²) in [5, 5.41) is 5.25. The number of nitrogens with one attached hydrogen (secondary N) is 1. The Morgan fingerprint density at radius 1 is 1.47 bits per heavy atom. The quantitative estimate of drug-likeness (QED) is 0.829. The molecule has 2 aromatic heterocycles. The number of fused-ring (bicyclic) bond motifs is 1. The van der Waals surface area contributed by atoms with Crippen LogP contribution >= 0.6 is 24.0 Å². The highest BCUT2D eigenvalue weighted by molar-refractivity contribution is 7.99. The molecule has 0 saturated heterocycles. The summed E-state index contributed by atoms with van der Waals surface area (Å²) in [5.74, 6) is 0. The maximum atomic E-state index is 5.46. The molecular weight excluding hydrogens is 276 g/mol. The smallest absolute Gasteiger partial charge is 0.179 e. The van der Waals surface area contributed by atoms with Gasteiger partial charge >= 0.3 is 0 Å². The summed E-state index contributed by atoms with van der Waals surface area (Å²) >= 11 is 7.35. The molecule has 0 radical (unpaired) electrons. The van der Waals surface area contributed by atoms with E-state index in [-0.39, 0.29) is 0 Å². The number of imidazole rings is 1. The van der Waals surface area contributed by atoms with Crippen LogP contribution in [0.25, 0.3) is 11.2 Å². The topological polar surface area (TPSA) is 38.5 Å². The Morgan fingerprint density at radius 2 is 2.21 bits per heavy atom. The summed E-state index contributed by atoms with van der Waals surface area (Å²) in [5.41, 5.74) is 3.37. The van der Waals surface area contributed by atoms with Gasteiger partial charge in [-0.3, -0.25) is 4.68 Å². The second kappa shape index (κ2) is 6.13. The molecule has 0 bridgehead atoms. The number of rotatable bonds is 6. The third kappa shape index (κ3) is 2.89. The number of H-pyrrole nitrogens is 1.